The molecule has 1 unspecified atom stereocenters. The average molecular weight is 366 g/mol. The monoisotopic (exact) mass is 366 g/mol. The number of halogens is 3. The minimum atomic E-state index is -4.47. The number of hydrogen-bond donors (Lipinski definition) is 3. The zero-order valence-corrected chi connectivity index (χ0v) is 14.3. The number of nitrogens with one attached hydrogen (secondary N) is 2. The standard InChI is InChI=1S/C19H21F3N2O2/c1-13(7-18(26)24-17-5-3-2-4-6-17)23-11-14-8-15(12-25)10-16(9-14)19(20,21)22/h2-6,8-10,13,23,25H,7,11-12H2,1H3,(H,24,26). The van der Waals surface area contributed by atoms with Crippen LogP contribution in [0.25, 0.3) is 0 Å². The molecular formula is C19H21F3N2O2. The number of alkyl halides is 3. The normalized spacial score (nSPS) is 12.7. The summed E-state index contributed by atoms with van der Waals surface area (Å²) in [6, 6.07) is 12.3. The number of rotatable bonds is 7. The fraction of sp³-hybridized carbons (Fsp3) is 0.316. The van der Waals surface area contributed by atoms with E-state index < -0.39 is 18.3 Å². The molecule has 0 aliphatic rings. The number of benzene rings is 2. The minimum Gasteiger partial charge on any atom is -0.392 e. The average Bonchev–Trinajstić information content (AvgIpc) is 2.59. The van der Waals surface area contributed by atoms with Crippen LogP contribution in [0.2, 0.25) is 0 Å². The molecule has 0 aliphatic heterocycles. The molecule has 140 valence electrons. The lowest BCUT2D eigenvalue weighted by Crippen LogP contribution is -2.30. The molecule has 0 fully saturated rings. The van der Waals surface area contributed by atoms with Crippen LogP contribution in [0, 0.1) is 0 Å². The third-order valence-corrected chi connectivity index (χ3v) is 3.77. The van der Waals surface area contributed by atoms with E-state index in [1.165, 1.54) is 6.07 Å². The third-order valence-electron chi connectivity index (χ3n) is 3.77. The van der Waals surface area contributed by atoms with Crippen molar-refractivity contribution >= 4 is 11.6 Å². The Morgan fingerprint density at radius 3 is 2.38 bits per heavy atom. The first-order valence-corrected chi connectivity index (χ1v) is 8.17. The Balaban J connectivity index is 1.92. The summed E-state index contributed by atoms with van der Waals surface area (Å²) >= 11 is 0. The molecule has 2 aromatic rings. The van der Waals surface area contributed by atoms with Gasteiger partial charge in [-0.25, -0.2) is 0 Å². The van der Waals surface area contributed by atoms with E-state index in [-0.39, 0.29) is 30.5 Å². The van der Waals surface area contributed by atoms with Crippen molar-refractivity contribution in [1.82, 2.24) is 5.32 Å². The number of carbonyl (C=O) groups excluding carboxylic acids is 1. The number of para-hydroxylation sites is 1. The van der Waals surface area contributed by atoms with Gasteiger partial charge in [0.25, 0.3) is 0 Å². The lowest BCUT2D eigenvalue weighted by atomic mass is 10.0. The van der Waals surface area contributed by atoms with Crippen LogP contribution in [0.3, 0.4) is 0 Å². The second-order valence-corrected chi connectivity index (χ2v) is 6.09. The van der Waals surface area contributed by atoms with Crippen molar-refractivity contribution in [3.8, 4) is 0 Å². The van der Waals surface area contributed by atoms with Gasteiger partial charge in [-0.2, -0.15) is 13.2 Å². The summed E-state index contributed by atoms with van der Waals surface area (Å²) in [5, 5.41) is 14.9. The van der Waals surface area contributed by atoms with Crippen LogP contribution in [0.15, 0.2) is 48.5 Å². The molecule has 0 saturated heterocycles. The zero-order chi connectivity index (χ0) is 19.2. The van der Waals surface area contributed by atoms with E-state index in [0.29, 0.717) is 11.3 Å². The highest BCUT2D eigenvalue weighted by molar-refractivity contribution is 5.90. The van der Waals surface area contributed by atoms with Gasteiger partial charge in [-0.05, 0) is 42.3 Å². The van der Waals surface area contributed by atoms with E-state index >= 15 is 0 Å². The molecular weight excluding hydrogens is 345 g/mol. The largest absolute Gasteiger partial charge is 0.416 e. The molecule has 26 heavy (non-hydrogen) atoms. The van der Waals surface area contributed by atoms with Crippen molar-refractivity contribution in [2.75, 3.05) is 5.32 Å². The SMILES string of the molecule is CC(CC(=O)Nc1ccccc1)NCc1cc(CO)cc(C(F)(F)F)c1. The molecule has 1 amide bonds. The molecule has 0 bridgehead atoms. The van der Waals surface area contributed by atoms with Crippen LogP contribution in [0.4, 0.5) is 18.9 Å². The van der Waals surface area contributed by atoms with E-state index in [1.807, 2.05) is 18.2 Å². The molecule has 3 N–H and O–H groups in total. The van der Waals surface area contributed by atoms with Gasteiger partial charge in [0.15, 0.2) is 0 Å². The minimum absolute atomic E-state index is 0.163. The predicted octanol–water partition coefficient (Wildman–Crippen LogP) is 3.70. The molecule has 0 aliphatic carbocycles. The van der Waals surface area contributed by atoms with Gasteiger partial charge in [0.2, 0.25) is 5.91 Å². The highest BCUT2D eigenvalue weighted by Crippen LogP contribution is 2.30. The third kappa shape index (κ3) is 6.16. The van der Waals surface area contributed by atoms with Gasteiger partial charge in [0.05, 0.1) is 12.2 Å². The number of hydrogen-bond acceptors (Lipinski definition) is 3. The summed E-state index contributed by atoms with van der Waals surface area (Å²) in [6.45, 7) is 1.48. The van der Waals surface area contributed by atoms with Crippen LogP contribution in [-0.4, -0.2) is 17.1 Å². The molecule has 0 heterocycles. The smallest absolute Gasteiger partial charge is 0.392 e. The summed E-state index contributed by atoms with van der Waals surface area (Å²) in [5.41, 5.74) is 0.496. The molecule has 2 aromatic carbocycles. The lowest BCUT2D eigenvalue weighted by molar-refractivity contribution is -0.137. The first-order chi connectivity index (χ1) is 12.3. The Kier molecular flexibility index (Phi) is 6.76. The Morgan fingerprint density at radius 1 is 1.12 bits per heavy atom. The molecule has 0 radical (unpaired) electrons. The first kappa shape index (κ1) is 19.9. The molecule has 4 nitrogen and oxygen atoms in total. The Morgan fingerprint density at radius 2 is 1.77 bits per heavy atom. The van der Waals surface area contributed by atoms with Crippen molar-refractivity contribution in [2.24, 2.45) is 0 Å². The van der Waals surface area contributed by atoms with Crippen LogP contribution >= 0.6 is 0 Å². The van der Waals surface area contributed by atoms with E-state index in [0.717, 1.165) is 12.1 Å². The summed E-state index contributed by atoms with van der Waals surface area (Å²) in [4.78, 5) is 12.0. The Bertz CT molecular complexity index is 733. The van der Waals surface area contributed by atoms with E-state index in [1.54, 1.807) is 19.1 Å². The second kappa shape index (κ2) is 8.82. The molecule has 0 spiro atoms. The van der Waals surface area contributed by atoms with E-state index in [2.05, 4.69) is 10.6 Å². The van der Waals surface area contributed by atoms with Crippen molar-refractivity contribution in [3.05, 3.63) is 65.2 Å². The highest BCUT2D eigenvalue weighted by atomic mass is 19.4. The van der Waals surface area contributed by atoms with Crippen LogP contribution in [-0.2, 0) is 24.1 Å². The number of aliphatic hydroxyl groups is 1. The maximum Gasteiger partial charge on any atom is 0.416 e. The van der Waals surface area contributed by atoms with Crippen molar-refractivity contribution in [3.63, 3.8) is 0 Å². The fourth-order valence-electron chi connectivity index (χ4n) is 2.50. The molecule has 1 atom stereocenters. The number of carbonyl (C=O) groups is 1. The van der Waals surface area contributed by atoms with Crippen molar-refractivity contribution in [2.45, 2.75) is 38.7 Å². The van der Waals surface area contributed by atoms with Crippen LogP contribution < -0.4 is 10.6 Å². The summed E-state index contributed by atoms with van der Waals surface area (Å²) < 4.78 is 38.7. The maximum atomic E-state index is 12.9. The van der Waals surface area contributed by atoms with E-state index in [9.17, 15) is 18.0 Å². The second-order valence-electron chi connectivity index (χ2n) is 6.09. The zero-order valence-electron chi connectivity index (χ0n) is 14.3. The molecule has 0 saturated carbocycles. The van der Waals surface area contributed by atoms with Gasteiger partial charge < -0.3 is 15.7 Å². The van der Waals surface area contributed by atoms with Gasteiger partial charge in [0.1, 0.15) is 0 Å². The van der Waals surface area contributed by atoms with Crippen molar-refractivity contribution in [1.29, 1.82) is 0 Å². The van der Waals surface area contributed by atoms with E-state index in [4.69, 9.17) is 5.11 Å². The van der Waals surface area contributed by atoms with Gasteiger partial charge >= 0.3 is 6.18 Å². The first-order valence-electron chi connectivity index (χ1n) is 8.17. The number of anilines is 1. The predicted molar refractivity (Wildman–Crippen MR) is 93.4 cm³/mol. The maximum absolute atomic E-state index is 12.9. The molecule has 0 aromatic heterocycles. The quantitative estimate of drug-likeness (QED) is 0.700. The number of aliphatic hydroxyl groups excluding tert-OH is 1. The molecule has 7 heteroatoms. The lowest BCUT2D eigenvalue weighted by Gasteiger charge is -2.16. The topological polar surface area (TPSA) is 61.4 Å². The van der Waals surface area contributed by atoms with Gasteiger partial charge in [0, 0.05) is 24.7 Å². The fourth-order valence-corrected chi connectivity index (χ4v) is 2.50. The summed E-state index contributed by atoms with van der Waals surface area (Å²) in [7, 11) is 0. The molecule has 2 rings (SSSR count). The highest BCUT2D eigenvalue weighted by Gasteiger charge is 2.31. The summed E-state index contributed by atoms with van der Waals surface area (Å²) in [6.07, 6.45) is -4.29. The summed E-state index contributed by atoms with van der Waals surface area (Å²) in [5.74, 6) is -0.184. The Labute approximate surface area is 150 Å². The van der Waals surface area contributed by atoms with Gasteiger partial charge in [-0.15, -0.1) is 0 Å². The van der Waals surface area contributed by atoms with Crippen LogP contribution in [0.5, 0.6) is 0 Å². The van der Waals surface area contributed by atoms with Gasteiger partial charge in [-0.1, -0.05) is 24.3 Å². The number of amides is 1. The van der Waals surface area contributed by atoms with Gasteiger partial charge in [-0.3, -0.25) is 4.79 Å². The Hall–Kier alpha value is -2.38. The van der Waals surface area contributed by atoms with Crippen LogP contribution in [0.1, 0.15) is 30.0 Å². The van der Waals surface area contributed by atoms with Crippen molar-refractivity contribution < 1.29 is 23.1 Å².